The van der Waals surface area contributed by atoms with E-state index in [1.54, 1.807) is 37.3 Å². The fraction of sp³-hybridized carbons (Fsp3) is 0.280. The Hall–Kier alpha value is -3.27. The highest BCUT2D eigenvalue weighted by Gasteiger charge is 2.60. The summed E-state index contributed by atoms with van der Waals surface area (Å²) in [5.74, 6) is -3.25. The predicted octanol–water partition coefficient (Wildman–Crippen LogP) is 2.26. The number of nitrogens with zero attached hydrogens (tertiary/aromatic N) is 2. The summed E-state index contributed by atoms with van der Waals surface area (Å²) in [5, 5.41) is 20.2. The molecule has 2 N–H and O–H groups in total. The van der Waals surface area contributed by atoms with Crippen LogP contribution in [0.4, 0.5) is 0 Å². The Kier molecular flexibility index (Phi) is 5.43. The number of carboxylic acids is 1. The lowest BCUT2D eigenvalue weighted by atomic mass is 9.87. The van der Waals surface area contributed by atoms with Crippen molar-refractivity contribution >= 4 is 16.0 Å². The summed E-state index contributed by atoms with van der Waals surface area (Å²) in [6.45, 7) is 1.23. The Labute approximate surface area is 196 Å². The minimum atomic E-state index is -4.10. The fourth-order valence-corrected chi connectivity index (χ4v) is 7.35. The molecule has 1 saturated heterocycles. The van der Waals surface area contributed by atoms with Crippen molar-refractivity contribution in [3.63, 3.8) is 0 Å². The number of carbonyl (C=O) groups is 1. The molecule has 5 rings (SSSR count). The standard InChI is InChI=1S/C25H24N2O6S/c1-15-6-5-9-17(12-15)34(32,33)27-21-13-26-20(23(27)22(25(30)31)19(21)14-28)11-10-18(24(26)29)16-7-3-2-4-8-16/h2-12,19,21-23,28H,13-14H2,1H3,(H,30,31)/t19-,21-,22+,23+/m0/s1. The molecule has 8 nitrogen and oxygen atoms in total. The summed E-state index contributed by atoms with van der Waals surface area (Å²) in [6, 6.07) is 16.8. The van der Waals surface area contributed by atoms with Gasteiger partial charge in [-0.25, -0.2) is 8.42 Å². The van der Waals surface area contributed by atoms with Gasteiger partial charge in [0, 0.05) is 36.4 Å². The van der Waals surface area contributed by atoms with E-state index < -0.39 is 46.5 Å². The molecule has 0 unspecified atom stereocenters. The van der Waals surface area contributed by atoms with E-state index in [2.05, 4.69) is 0 Å². The zero-order valence-corrected chi connectivity index (χ0v) is 19.2. The van der Waals surface area contributed by atoms with Crippen molar-refractivity contribution in [2.75, 3.05) is 6.61 Å². The van der Waals surface area contributed by atoms with Crippen LogP contribution in [0.15, 0.2) is 76.4 Å². The molecule has 1 fully saturated rings. The summed E-state index contributed by atoms with van der Waals surface area (Å²) in [6.07, 6.45) is 0. The van der Waals surface area contributed by atoms with E-state index in [0.29, 0.717) is 11.3 Å². The van der Waals surface area contributed by atoms with Gasteiger partial charge in [0.2, 0.25) is 10.0 Å². The highest BCUT2D eigenvalue weighted by Crippen LogP contribution is 2.51. The molecular weight excluding hydrogens is 456 g/mol. The second kappa shape index (κ2) is 8.19. The Bertz CT molecular complexity index is 1430. The molecule has 0 radical (unpaired) electrons. The number of benzene rings is 2. The zero-order chi connectivity index (χ0) is 24.2. The smallest absolute Gasteiger partial charge is 0.308 e. The van der Waals surface area contributed by atoms with Gasteiger partial charge in [-0.3, -0.25) is 9.59 Å². The molecule has 2 aliphatic rings. The normalized spacial score (nSPS) is 24.1. The maximum absolute atomic E-state index is 13.8. The van der Waals surface area contributed by atoms with E-state index in [1.807, 2.05) is 30.3 Å². The lowest BCUT2D eigenvalue weighted by Gasteiger charge is -2.37. The summed E-state index contributed by atoms with van der Waals surface area (Å²) >= 11 is 0. The number of aliphatic carboxylic acids is 1. The maximum Gasteiger partial charge on any atom is 0.308 e. The van der Waals surface area contributed by atoms with E-state index >= 15 is 0 Å². The van der Waals surface area contributed by atoms with E-state index in [1.165, 1.54) is 14.9 Å². The number of hydrogen-bond acceptors (Lipinski definition) is 5. The zero-order valence-electron chi connectivity index (χ0n) is 18.4. The number of aromatic nitrogens is 1. The van der Waals surface area contributed by atoms with Crippen molar-refractivity contribution < 1.29 is 23.4 Å². The molecule has 176 valence electrons. The summed E-state index contributed by atoms with van der Waals surface area (Å²) in [4.78, 5) is 25.9. The number of aryl methyl sites for hydroxylation is 1. The van der Waals surface area contributed by atoms with Crippen LogP contribution < -0.4 is 5.56 Å². The van der Waals surface area contributed by atoms with Gasteiger partial charge in [-0.1, -0.05) is 42.5 Å². The Balaban J connectivity index is 1.72. The SMILES string of the molecule is Cc1cccc(S(=O)(=O)N2[C@@H]3c4ccc(-c5ccccc5)c(=O)n4C[C@H]2[C@H](CO)[C@H]3C(=O)O)c1. The number of aliphatic hydroxyl groups excluding tert-OH is 1. The number of carboxylic acid groups (broad SMARTS) is 1. The van der Waals surface area contributed by atoms with Crippen molar-refractivity contribution in [1.29, 1.82) is 0 Å². The molecule has 0 spiro atoms. The van der Waals surface area contributed by atoms with Gasteiger partial charge in [-0.05, 0) is 42.3 Å². The molecule has 1 aromatic heterocycles. The fourth-order valence-electron chi connectivity index (χ4n) is 5.40. The monoisotopic (exact) mass is 480 g/mol. The van der Waals surface area contributed by atoms with Crippen LogP contribution in [0.25, 0.3) is 11.1 Å². The van der Waals surface area contributed by atoms with Gasteiger partial charge in [0.15, 0.2) is 0 Å². The molecular formula is C25H24N2O6S. The average Bonchev–Trinajstić information content (AvgIpc) is 3.08. The average molecular weight is 481 g/mol. The number of fused-ring (bicyclic) bond motifs is 4. The molecule has 2 bridgehead atoms. The largest absolute Gasteiger partial charge is 0.481 e. The summed E-state index contributed by atoms with van der Waals surface area (Å²) in [7, 11) is -4.10. The number of hydrogen-bond donors (Lipinski definition) is 2. The first-order chi connectivity index (χ1) is 16.3. The quantitative estimate of drug-likeness (QED) is 0.579. The van der Waals surface area contributed by atoms with Crippen LogP contribution in [0.5, 0.6) is 0 Å². The van der Waals surface area contributed by atoms with E-state index in [-0.39, 0.29) is 17.0 Å². The molecule has 0 amide bonds. The molecule has 34 heavy (non-hydrogen) atoms. The van der Waals surface area contributed by atoms with Crippen molar-refractivity contribution in [3.05, 3.63) is 88.3 Å². The summed E-state index contributed by atoms with van der Waals surface area (Å²) < 4.78 is 30.2. The Morgan fingerprint density at radius 1 is 1.06 bits per heavy atom. The number of sulfonamides is 1. The van der Waals surface area contributed by atoms with Gasteiger partial charge < -0.3 is 14.8 Å². The molecule has 3 heterocycles. The third-order valence-electron chi connectivity index (χ3n) is 6.92. The van der Waals surface area contributed by atoms with Gasteiger partial charge >= 0.3 is 5.97 Å². The maximum atomic E-state index is 13.8. The van der Waals surface area contributed by atoms with Crippen molar-refractivity contribution in [2.24, 2.45) is 11.8 Å². The molecule has 0 aliphatic carbocycles. The van der Waals surface area contributed by atoms with Gasteiger partial charge in [-0.15, -0.1) is 0 Å². The Morgan fingerprint density at radius 3 is 2.44 bits per heavy atom. The Morgan fingerprint density at radius 2 is 1.79 bits per heavy atom. The first kappa shape index (κ1) is 22.5. The summed E-state index contributed by atoms with van der Waals surface area (Å²) in [5.41, 5.74) is 1.93. The first-order valence-electron chi connectivity index (χ1n) is 11.0. The van der Waals surface area contributed by atoms with Gasteiger partial charge in [0.05, 0.1) is 16.9 Å². The lowest BCUT2D eigenvalue weighted by molar-refractivity contribution is -0.144. The van der Waals surface area contributed by atoms with Crippen molar-refractivity contribution in [3.8, 4) is 11.1 Å². The minimum absolute atomic E-state index is 0.0363. The number of pyridine rings is 1. The van der Waals surface area contributed by atoms with Crippen LogP contribution in [0.1, 0.15) is 17.3 Å². The van der Waals surface area contributed by atoms with Crippen LogP contribution in [-0.4, -0.2) is 46.1 Å². The second-order valence-corrected chi connectivity index (χ2v) is 10.7. The molecule has 2 aromatic carbocycles. The number of rotatable bonds is 5. The number of aliphatic hydroxyl groups is 1. The van der Waals surface area contributed by atoms with Crippen LogP contribution in [0.3, 0.4) is 0 Å². The van der Waals surface area contributed by atoms with Crippen LogP contribution >= 0.6 is 0 Å². The van der Waals surface area contributed by atoms with Crippen molar-refractivity contribution in [1.82, 2.24) is 8.87 Å². The molecule has 9 heteroatoms. The molecule has 3 aromatic rings. The van der Waals surface area contributed by atoms with Crippen LogP contribution in [0, 0.1) is 18.8 Å². The van der Waals surface area contributed by atoms with Crippen molar-refractivity contribution in [2.45, 2.75) is 30.4 Å². The minimum Gasteiger partial charge on any atom is -0.481 e. The molecule has 2 aliphatic heterocycles. The third kappa shape index (κ3) is 3.31. The lowest BCUT2D eigenvalue weighted by Crippen LogP contribution is -2.49. The first-order valence-corrected chi connectivity index (χ1v) is 12.4. The van der Waals surface area contributed by atoms with Gasteiger partial charge in [0.25, 0.3) is 5.56 Å². The van der Waals surface area contributed by atoms with E-state index in [9.17, 15) is 28.2 Å². The predicted molar refractivity (Wildman–Crippen MR) is 125 cm³/mol. The highest BCUT2D eigenvalue weighted by atomic mass is 32.2. The third-order valence-corrected chi connectivity index (χ3v) is 8.83. The van der Waals surface area contributed by atoms with Gasteiger partial charge in [-0.2, -0.15) is 4.31 Å². The molecule has 0 saturated carbocycles. The molecule has 4 atom stereocenters. The van der Waals surface area contributed by atoms with E-state index in [4.69, 9.17) is 0 Å². The van der Waals surface area contributed by atoms with E-state index in [0.717, 1.165) is 11.1 Å². The van der Waals surface area contributed by atoms with Gasteiger partial charge in [0.1, 0.15) is 0 Å². The van der Waals surface area contributed by atoms with Crippen LogP contribution in [0.2, 0.25) is 0 Å². The highest BCUT2D eigenvalue weighted by molar-refractivity contribution is 7.89. The van der Waals surface area contributed by atoms with Crippen LogP contribution in [-0.2, 0) is 21.4 Å². The second-order valence-electron chi connectivity index (χ2n) is 8.83. The topological polar surface area (TPSA) is 117 Å².